The van der Waals surface area contributed by atoms with Gasteiger partial charge in [-0.25, -0.2) is 31.8 Å². The van der Waals surface area contributed by atoms with Gasteiger partial charge in [-0.3, -0.25) is 10.0 Å². The molecule has 1 amide bonds. The van der Waals surface area contributed by atoms with Crippen LogP contribution in [-0.2, 0) is 30.3 Å². The average Bonchev–Trinajstić information content (AvgIpc) is 2.82. The van der Waals surface area contributed by atoms with Crippen molar-refractivity contribution in [1.82, 2.24) is 14.9 Å². The van der Waals surface area contributed by atoms with Crippen molar-refractivity contribution in [2.45, 2.75) is 42.7 Å². The third-order valence-electron chi connectivity index (χ3n) is 5.62. The van der Waals surface area contributed by atoms with E-state index in [1.165, 1.54) is 35.8 Å². The maximum Gasteiger partial charge on any atom is 0.262 e. The molecule has 3 unspecified atom stereocenters. The van der Waals surface area contributed by atoms with Crippen molar-refractivity contribution in [2.75, 3.05) is 6.54 Å². The first kappa shape index (κ1) is 30.7. The van der Waals surface area contributed by atoms with E-state index < -0.39 is 49.0 Å². The number of amides is 1. The molecule has 12 heteroatoms. The molecule has 0 fully saturated rings. The van der Waals surface area contributed by atoms with Crippen LogP contribution in [0.25, 0.3) is 0 Å². The Hall–Kier alpha value is -2.54. The summed E-state index contributed by atoms with van der Waals surface area (Å²) in [5.74, 6) is -1.16. The second-order valence-electron chi connectivity index (χ2n) is 9.32. The number of rotatable bonds is 12. The van der Waals surface area contributed by atoms with E-state index in [9.17, 15) is 21.6 Å². The average molecular weight is 570 g/mol. The molecule has 0 saturated carbocycles. The first-order valence-electron chi connectivity index (χ1n) is 11.2. The minimum absolute atomic E-state index is 0.128. The van der Waals surface area contributed by atoms with Crippen molar-refractivity contribution in [2.24, 2.45) is 0 Å². The summed E-state index contributed by atoms with van der Waals surface area (Å²) >= 11 is 5.87. The van der Waals surface area contributed by atoms with E-state index in [2.05, 4.69) is 22.6 Å². The van der Waals surface area contributed by atoms with Crippen LogP contribution in [0.1, 0.15) is 48.0 Å². The zero-order chi connectivity index (χ0) is 28.0. The Morgan fingerprint density at radius 3 is 1.81 bits per heavy atom. The molecule has 202 valence electrons. The number of hydroxylamine groups is 1. The Morgan fingerprint density at radius 1 is 0.919 bits per heavy atom. The predicted octanol–water partition coefficient (Wildman–Crippen LogP) is 3.50. The van der Waals surface area contributed by atoms with Crippen molar-refractivity contribution in [3.05, 3.63) is 95.6 Å². The lowest BCUT2D eigenvalue weighted by atomic mass is 9.86. The molecule has 9 nitrogen and oxygen atoms in total. The molecule has 4 N–H and O–H groups in total. The fourth-order valence-electron chi connectivity index (χ4n) is 3.54. The van der Waals surface area contributed by atoms with Crippen LogP contribution >= 0.6 is 11.6 Å². The van der Waals surface area contributed by atoms with Gasteiger partial charge in [0.15, 0.2) is 0 Å². The smallest absolute Gasteiger partial charge is 0.262 e. The molecule has 3 atom stereocenters. The Kier molecular flexibility index (Phi) is 10.2. The van der Waals surface area contributed by atoms with E-state index in [-0.39, 0.29) is 5.41 Å². The molecule has 37 heavy (non-hydrogen) atoms. The zero-order valence-corrected chi connectivity index (χ0v) is 23.2. The monoisotopic (exact) mass is 569 g/mol. The molecule has 0 saturated heterocycles. The van der Waals surface area contributed by atoms with E-state index in [4.69, 9.17) is 16.8 Å². The summed E-state index contributed by atoms with van der Waals surface area (Å²) in [7, 11) is -8.44. The summed E-state index contributed by atoms with van der Waals surface area (Å²) in [4.78, 5) is 12.3. The van der Waals surface area contributed by atoms with E-state index in [0.717, 1.165) is 11.6 Å². The third kappa shape index (κ3) is 7.97. The minimum atomic E-state index is -4.30. The molecule has 2 rings (SSSR count). The first-order chi connectivity index (χ1) is 17.2. The second kappa shape index (κ2) is 12.3. The lowest BCUT2D eigenvalue weighted by Gasteiger charge is -2.23. The van der Waals surface area contributed by atoms with Crippen LogP contribution in [0.2, 0.25) is 5.02 Å². The van der Waals surface area contributed by atoms with Gasteiger partial charge in [0, 0.05) is 11.6 Å². The zero-order valence-electron chi connectivity index (χ0n) is 20.8. The normalized spacial score (nSPS) is 14.8. The standard InChI is InChI=1S/C25H32ClN3O6S2/c1-6-22(17-8-12-19(13-9-17)25(3,4)5)36(32,33)27-16-21(24(30)28-31)29-37(34,35)23(7-2)18-10-14-20(26)15-11-18/h6-15,21-23,27,29,31H,1-2,16H2,3-5H3,(H,28,30). The fraction of sp³-hybridized carbons (Fsp3) is 0.320. The van der Waals surface area contributed by atoms with Crippen molar-refractivity contribution >= 4 is 37.6 Å². The van der Waals surface area contributed by atoms with Crippen LogP contribution in [0.4, 0.5) is 0 Å². The van der Waals surface area contributed by atoms with E-state index in [1.54, 1.807) is 12.1 Å². The van der Waals surface area contributed by atoms with Gasteiger partial charge in [-0.2, -0.15) is 0 Å². The first-order valence-corrected chi connectivity index (χ1v) is 14.7. The predicted molar refractivity (Wildman–Crippen MR) is 145 cm³/mol. The number of hydrogen-bond donors (Lipinski definition) is 4. The van der Waals surface area contributed by atoms with Crippen molar-refractivity contribution in [3.8, 4) is 0 Å². The molecule has 0 aliphatic rings. The van der Waals surface area contributed by atoms with Gasteiger partial charge in [-0.15, -0.1) is 13.2 Å². The van der Waals surface area contributed by atoms with Crippen molar-refractivity contribution in [1.29, 1.82) is 0 Å². The molecule has 2 aromatic carbocycles. The van der Waals surface area contributed by atoms with Crippen LogP contribution in [-0.4, -0.2) is 40.5 Å². The van der Waals surface area contributed by atoms with Gasteiger partial charge in [0.2, 0.25) is 20.0 Å². The number of carbonyl (C=O) groups excluding carboxylic acids is 1. The number of carbonyl (C=O) groups is 1. The molecule has 0 bridgehead atoms. The Bertz CT molecular complexity index is 1320. The van der Waals surface area contributed by atoms with E-state index in [0.29, 0.717) is 16.1 Å². The van der Waals surface area contributed by atoms with Crippen LogP contribution in [0.3, 0.4) is 0 Å². The van der Waals surface area contributed by atoms with Gasteiger partial charge < -0.3 is 0 Å². The Labute approximate surface area is 223 Å². The second-order valence-corrected chi connectivity index (χ2v) is 13.5. The van der Waals surface area contributed by atoms with Gasteiger partial charge in [-0.1, -0.05) is 80.9 Å². The van der Waals surface area contributed by atoms with E-state index >= 15 is 0 Å². The Balaban J connectivity index is 2.26. The summed E-state index contributed by atoms with van der Waals surface area (Å²) in [5, 5.41) is 7.08. The highest BCUT2D eigenvalue weighted by molar-refractivity contribution is 7.90. The summed E-state index contributed by atoms with van der Waals surface area (Å²) in [6.45, 7) is 12.6. The van der Waals surface area contributed by atoms with Crippen LogP contribution < -0.4 is 14.9 Å². The number of benzene rings is 2. The van der Waals surface area contributed by atoms with Gasteiger partial charge in [0.05, 0.1) is 0 Å². The summed E-state index contributed by atoms with van der Waals surface area (Å²) in [5.41, 5.74) is 3.00. The summed E-state index contributed by atoms with van der Waals surface area (Å²) < 4.78 is 56.7. The number of hydrogen-bond acceptors (Lipinski definition) is 6. The molecule has 0 spiro atoms. The molecule has 0 aromatic heterocycles. The number of nitrogens with one attached hydrogen (secondary N) is 3. The summed E-state index contributed by atoms with van der Waals surface area (Å²) in [6, 6.07) is 11.3. The molecule has 0 aliphatic carbocycles. The minimum Gasteiger partial charge on any atom is -0.289 e. The quantitative estimate of drug-likeness (QED) is 0.175. The molecule has 0 aliphatic heterocycles. The molecule has 0 radical (unpaired) electrons. The van der Waals surface area contributed by atoms with Gasteiger partial charge in [0.25, 0.3) is 5.91 Å². The van der Waals surface area contributed by atoms with Crippen LogP contribution in [0.5, 0.6) is 0 Å². The van der Waals surface area contributed by atoms with Crippen LogP contribution in [0, 0.1) is 0 Å². The van der Waals surface area contributed by atoms with Gasteiger partial charge in [-0.05, 0) is 34.2 Å². The largest absolute Gasteiger partial charge is 0.289 e. The number of halogens is 1. The highest BCUT2D eigenvalue weighted by Crippen LogP contribution is 2.28. The SMILES string of the molecule is C=CC(c1ccc(C(C)(C)C)cc1)S(=O)(=O)NCC(NS(=O)(=O)C(C=C)c1ccc(Cl)cc1)C(=O)NO. The molecule has 2 aromatic rings. The number of sulfonamides is 2. The van der Waals surface area contributed by atoms with Crippen molar-refractivity contribution in [3.63, 3.8) is 0 Å². The topological polar surface area (TPSA) is 142 Å². The van der Waals surface area contributed by atoms with Gasteiger partial charge >= 0.3 is 0 Å². The lowest BCUT2D eigenvalue weighted by molar-refractivity contribution is -0.130. The van der Waals surface area contributed by atoms with Crippen LogP contribution in [0.15, 0.2) is 73.8 Å². The lowest BCUT2D eigenvalue weighted by Crippen LogP contribution is -2.53. The molecule has 0 heterocycles. The fourth-order valence-corrected chi connectivity index (χ4v) is 6.51. The highest BCUT2D eigenvalue weighted by Gasteiger charge is 2.33. The Morgan fingerprint density at radius 2 is 1.38 bits per heavy atom. The maximum atomic E-state index is 13.1. The maximum absolute atomic E-state index is 13.1. The molecular formula is C25H32ClN3O6S2. The van der Waals surface area contributed by atoms with Crippen molar-refractivity contribution < 1.29 is 26.8 Å². The molecular weight excluding hydrogens is 538 g/mol. The van der Waals surface area contributed by atoms with Gasteiger partial charge in [0.1, 0.15) is 16.5 Å². The van der Waals surface area contributed by atoms with E-state index in [1.807, 2.05) is 32.9 Å². The summed E-state index contributed by atoms with van der Waals surface area (Å²) in [6.07, 6.45) is 2.38. The third-order valence-corrected chi connectivity index (χ3v) is 9.32. The highest BCUT2D eigenvalue weighted by atomic mass is 35.5.